The molecule has 1 aromatic carbocycles. The maximum Gasteiger partial charge on any atom is 0.414 e. The maximum atomic E-state index is 13.5. The van der Waals surface area contributed by atoms with Gasteiger partial charge in [-0.2, -0.15) is 17.0 Å². The second-order valence-electron chi connectivity index (χ2n) is 11.4. The normalized spacial score (nSPS) is 20.4. The van der Waals surface area contributed by atoms with Gasteiger partial charge in [-0.25, -0.2) is 4.79 Å². The molecule has 39 heavy (non-hydrogen) atoms. The summed E-state index contributed by atoms with van der Waals surface area (Å²) >= 11 is 5.91. The summed E-state index contributed by atoms with van der Waals surface area (Å²) in [6, 6.07) is 5.50. The van der Waals surface area contributed by atoms with Crippen LogP contribution in [0.4, 0.5) is 4.79 Å². The van der Waals surface area contributed by atoms with E-state index in [9.17, 15) is 22.8 Å². The summed E-state index contributed by atoms with van der Waals surface area (Å²) in [6.45, 7) is 9.79. The summed E-state index contributed by atoms with van der Waals surface area (Å²) in [5.74, 6) is -1.13. The molecule has 0 radical (unpaired) electrons. The number of Topliss-reactive ketones (excluding diaryl/α,β-unsaturated/α-hetero) is 1. The van der Waals surface area contributed by atoms with Crippen LogP contribution in [-0.2, 0) is 24.5 Å². The molecule has 2 saturated heterocycles. The quantitative estimate of drug-likeness (QED) is 0.444. The van der Waals surface area contributed by atoms with E-state index in [2.05, 4.69) is 10.6 Å². The van der Waals surface area contributed by atoms with Crippen LogP contribution in [0.15, 0.2) is 24.3 Å². The standard InChI is InChI=1S/C26H39ClN4O7S/c1-25(2,3)37-17-26(4,5)38-24(34)29-23(33)21-16-28-12-15-31(21)39(35,36)30-13-10-19(11-14-30)22(32)18-6-8-20(27)9-7-18/h6-9,19,21,28H,10-17H2,1-5H3,(H,29,33,34)/t21-/m1/s1. The third kappa shape index (κ3) is 8.70. The van der Waals surface area contributed by atoms with Crippen LogP contribution in [-0.4, -0.2) is 91.4 Å². The summed E-state index contributed by atoms with van der Waals surface area (Å²) in [4.78, 5) is 38.4. The molecule has 2 amide bonds. The van der Waals surface area contributed by atoms with E-state index in [-0.39, 0.29) is 44.5 Å². The summed E-state index contributed by atoms with van der Waals surface area (Å²) in [5.41, 5.74) is -0.908. The van der Waals surface area contributed by atoms with Crippen LogP contribution >= 0.6 is 11.6 Å². The fourth-order valence-electron chi connectivity index (χ4n) is 4.41. The zero-order valence-corrected chi connectivity index (χ0v) is 24.7. The molecule has 1 atom stereocenters. The summed E-state index contributed by atoms with van der Waals surface area (Å²) in [7, 11) is -4.03. The number of alkyl carbamates (subject to hydrolysis) is 1. The minimum atomic E-state index is -4.03. The lowest BCUT2D eigenvalue weighted by Crippen LogP contribution is -2.63. The number of rotatable bonds is 8. The van der Waals surface area contributed by atoms with E-state index in [0.717, 1.165) is 4.31 Å². The van der Waals surface area contributed by atoms with Crippen molar-refractivity contribution in [1.82, 2.24) is 19.2 Å². The first kappa shape index (κ1) is 31.4. The highest BCUT2D eigenvalue weighted by Gasteiger charge is 2.42. The molecule has 13 heteroatoms. The summed E-state index contributed by atoms with van der Waals surface area (Å²) < 4.78 is 40.6. The van der Waals surface area contributed by atoms with Crippen LogP contribution in [0, 0.1) is 5.92 Å². The first-order chi connectivity index (χ1) is 18.1. The monoisotopic (exact) mass is 586 g/mol. The number of imide groups is 1. The van der Waals surface area contributed by atoms with Gasteiger partial charge in [-0.1, -0.05) is 11.6 Å². The Morgan fingerprint density at radius 1 is 1.05 bits per heavy atom. The van der Waals surface area contributed by atoms with Crippen LogP contribution in [0.25, 0.3) is 0 Å². The Morgan fingerprint density at radius 2 is 1.67 bits per heavy atom. The lowest BCUT2D eigenvalue weighted by Gasteiger charge is -2.39. The van der Waals surface area contributed by atoms with E-state index in [1.54, 1.807) is 38.1 Å². The Kier molecular flexibility index (Phi) is 10.2. The predicted molar refractivity (Wildman–Crippen MR) is 147 cm³/mol. The van der Waals surface area contributed by atoms with Crippen LogP contribution < -0.4 is 10.6 Å². The van der Waals surface area contributed by atoms with Gasteiger partial charge in [0.15, 0.2) is 5.78 Å². The van der Waals surface area contributed by atoms with Gasteiger partial charge >= 0.3 is 6.09 Å². The lowest BCUT2D eigenvalue weighted by molar-refractivity contribution is -0.126. The molecule has 2 aliphatic rings. The third-order valence-corrected chi connectivity index (χ3v) is 8.82. The Hall–Kier alpha value is -2.09. The highest BCUT2D eigenvalue weighted by molar-refractivity contribution is 7.86. The molecule has 0 bridgehead atoms. The zero-order valence-electron chi connectivity index (χ0n) is 23.2. The molecular formula is C26H39ClN4O7S. The number of carbonyl (C=O) groups excluding carboxylic acids is 3. The molecule has 0 saturated carbocycles. The first-order valence-electron chi connectivity index (χ1n) is 13.0. The van der Waals surface area contributed by atoms with E-state index in [1.807, 2.05) is 20.8 Å². The number of piperazine rings is 1. The second-order valence-corrected chi connectivity index (χ2v) is 13.7. The lowest BCUT2D eigenvalue weighted by atomic mass is 9.90. The molecule has 0 aromatic heterocycles. The molecule has 2 aliphatic heterocycles. The van der Waals surface area contributed by atoms with Gasteiger partial charge in [-0.05, 0) is 71.7 Å². The number of halogens is 1. The van der Waals surface area contributed by atoms with Crippen molar-refractivity contribution in [3.63, 3.8) is 0 Å². The van der Waals surface area contributed by atoms with Gasteiger partial charge in [-0.15, -0.1) is 0 Å². The highest BCUT2D eigenvalue weighted by Crippen LogP contribution is 2.26. The fourth-order valence-corrected chi connectivity index (χ4v) is 6.32. The van der Waals surface area contributed by atoms with Crippen molar-refractivity contribution in [2.45, 2.75) is 64.7 Å². The molecule has 0 spiro atoms. The van der Waals surface area contributed by atoms with Gasteiger partial charge in [0.2, 0.25) is 5.91 Å². The van der Waals surface area contributed by atoms with E-state index in [0.29, 0.717) is 30.0 Å². The minimum Gasteiger partial charge on any atom is -0.441 e. The highest BCUT2D eigenvalue weighted by atomic mass is 35.5. The van der Waals surface area contributed by atoms with Crippen molar-refractivity contribution in [3.8, 4) is 0 Å². The van der Waals surface area contributed by atoms with Gasteiger partial charge in [0.05, 0.1) is 12.2 Å². The van der Waals surface area contributed by atoms with Crippen molar-refractivity contribution >= 4 is 39.6 Å². The average Bonchev–Trinajstić information content (AvgIpc) is 2.87. The van der Waals surface area contributed by atoms with Crippen molar-refractivity contribution in [3.05, 3.63) is 34.9 Å². The van der Waals surface area contributed by atoms with Crippen molar-refractivity contribution < 1.29 is 32.3 Å². The molecule has 2 N–H and O–H groups in total. The van der Waals surface area contributed by atoms with Gasteiger partial charge in [0.1, 0.15) is 11.6 Å². The Balaban J connectivity index is 1.60. The molecule has 2 fully saturated rings. The Morgan fingerprint density at radius 3 is 2.26 bits per heavy atom. The van der Waals surface area contributed by atoms with Crippen LogP contribution in [0.3, 0.4) is 0 Å². The number of hydrogen-bond acceptors (Lipinski definition) is 8. The number of piperidine rings is 1. The fraction of sp³-hybridized carbons (Fsp3) is 0.654. The summed E-state index contributed by atoms with van der Waals surface area (Å²) in [6.07, 6.45) is -0.254. The smallest absolute Gasteiger partial charge is 0.414 e. The first-order valence-corrected chi connectivity index (χ1v) is 14.8. The molecule has 3 rings (SSSR count). The SMILES string of the molecule is CC(C)(C)OCC(C)(C)OC(=O)NC(=O)[C@H]1CNCCN1S(=O)(=O)N1CCC(C(=O)c2ccc(Cl)cc2)CC1. The zero-order chi connectivity index (χ0) is 29.0. The number of nitrogens with one attached hydrogen (secondary N) is 2. The molecule has 218 valence electrons. The van der Waals surface area contributed by atoms with Crippen LogP contribution in [0.2, 0.25) is 5.02 Å². The number of nitrogens with zero attached hydrogens (tertiary/aromatic N) is 2. The molecule has 11 nitrogen and oxygen atoms in total. The van der Waals surface area contributed by atoms with E-state index >= 15 is 0 Å². The van der Waals surface area contributed by atoms with E-state index in [1.165, 1.54) is 4.31 Å². The Bertz CT molecular complexity index is 1140. The minimum absolute atomic E-state index is 0.0421. The number of amides is 2. The predicted octanol–water partition coefficient (Wildman–Crippen LogP) is 2.60. The summed E-state index contributed by atoms with van der Waals surface area (Å²) in [5, 5.41) is 5.73. The van der Waals surface area contributed by atoms with Gasteiger partial charge in [-0.3, -0.25) is 14.9 Å². The average molecular weight is 587 g/mol. The molecule has 0 unspecified atom stereocenters. The number of hydrogen-bond donors (Lipinski definition) is 2. The van der Waals surface area contributed by atoms with E-state index < -0.39 is 39.5 Å². The topological polar surface area (TPSA) is 134 Å². The number of ether oxygens (including phenoxy) is 2. The van der Waals surface area contributed by atoms with Gasteiger partial charge in [0, 0.05) is 49.2 Å². The molecule has 1 aromatic rings. The van der Waals surface area contributed by atoms with Crippen LogP contribution in [0.5, 0.6) is 0 Å². The van der Waals surface area contributed by atoms with E-state index in [4.69, 9.17) is 21.1 Å². The number of ketones is 1. The van der Waals surface area contributed by atoms with Crippen molar-refractivity contribution in [2.24, 2.45) is 5.92 Å². The number of benzene rings is 1. The second kappa shape index (κ2) is 12.6. The van der Waals surface area contributed by atoms with Gasteiger partial charge < -0.3 is 14.8 Å². The molecular weight excluding hydrogens is 548 g/mol. The Labute approximate surface area is 235 Å². The van der Waals surface area contributed by atoms with Crippen molar-refractivity contribution in [2.75, 3.05) is 39.3 Å². The van der Waals surface area contributed by atoms with Crippen LogP contribution in [0.1, 0.15) is 57.8 Å². The maximum absolute atomic E-state index is 13.5. The molecule has 0 aliphatic carbocycles. The molecule has 2 heterocycles. The number of carbonyl (C=O) groups is 3. The van der Waals surface area contributed by atoms with Crippen molar-refractivity contribution in [1.29, 1.82) is 0 Å². The van der Waals surface area contributed by atoms with Gasteiger partial charge in [0.25, 0.3) is 10.2 Å². The largest absolute Gasteiger partial charge is 0.441 e. The third-order valence-electron chi connectivity index (χ3n) is 6.52.